The summed E-state index contributed by atoms with van der Waals surface area (Å²) < 4.78 is 37.9. The number of rotatable bonds is 17. The van der Waals surface area contributed by atoms with E-state index in [1.165, 1.54) is 17.0 Å². The zero-order chi connectivity index (χ0) is 36.5. The average molecular weight is 710 g/mol. The highest BCUT2D eigenvalue weighted by molar-refractivity contribution is 7.92. The number of ether oxygens (including phenoxy) is 2. The fraction of sp³-hybridized carbons (Fsp3) is 0.417. The summed E-state index contributed by atoms with van der Waals surface area (Å²) in [5.41, 5.74) is 6.74. The summed E-state index contributed by atoms with van der Waals surface area (Å²) >= 11 is 0. The van der Waals surface area contributed by atoms with Crippen LogP contribution in [0.1, 0.15) is 50.0 Å². The highest BCUT2D eigenvalue weighted by atomic mass is 32.2. The number of anilines is 1. The molecular weight excluding hydrogens is 662 g/mol. The second kappa shape index (κ2) is 16.8. The Bertz CT molecular complexity index is 1730. The maximum atomic E-state index is 13.7. The number of hydrogen-bond donors (Lipinski definition) is 5. The van der Waals surface area contributed by atoms with Gasteiger partial charge in [0.05, 0.1) is 17.5 Å². The molecule has 4 rings (SSSR count). The summed E-state index contributed by atoms with van der Waals surface area (Å²) in [6.07, 6.45) is -1.05. The molecule has 0 saturated heterocycles. The van der Waals surface area contributed by atoms with Crippen molar-refractivity contribution in [3.63, 3.8) is 0 Å². The molecule has 0 saturated carbocycles. The lowest BCUT2D eigenvalue weighted by Crippen LogP contribution is -2.48. The van der Waals surface area contributed by atoms with Crippen molar-refractivity contribution in [2.75, 3.05) is 38.7 Å². The molecule has 0 spiro atoms. The fourth-order valence-electron chi connectivity index (χ4n) is 5.41. The largest absolute Gasteiger partial charge is 0.454 e. The molecule has 14 heteroatoms. The number of sulfone groups is 1. The average Bonchev–Trinajstić information content (AvgIpc) is 3.55. The predicted molar refractivity (Wildman–Crippen MR) is 189 cm³/mol. The van der Waals surface area contributed by atoms with Gasteiger partial charge in [-0.15, -0.1) is 0 Å². The van der Waals surface area contributed by atoms with E-state index in [1.807, 2.05) is 44.2 Å². The van der Waals surface area contributed by atoms with E-state index in [0.717, 1.165) is 5.56 Å². The molecule has 1 aliphatic heterocycles. The number of nitrogens with two attached hydrogens (primary N) is 1. The van der Waals surface area contributed by atoms with E-state index in [9.17, 15) is 27.9 Å². The third kappa shape index (κ3) is 10.7. The minimum Gasteiger partial charge on any atom is -0.454 e. The van der Waals surface area contributed by atoms with Gasteiger partial charge in [-0.3, -0.25) is 19.7 Å². The molecule has 0 radical (unpaired) electrons. The number of amides is 3. The van der Waals surface area contributed by atoms with Crippen LogP contribution in [0.2, 0.25) is 0 Å². The molecule has 2 unspecified atom stereocenters. The highest BCUT2D eigenvalue weighted by Gasteiger charge is 2.33. The van der Waals surface area contributed by atoms with Crippen LogP contribution in [0.15, 0.2) is 77.7 Å². The van der Waals surface area contributed by atoms with Crippen LogP contribution in [0.4, 0.5) is 5.69 Å². The molecule has 0 aliphatic carbocycles. The van der Waals surface area contributed by atoms with Gasteiger partial charge in [-0.05, 0) is 53.3 Å². The molecule has 2 atom stereocenters. The third-order valence-corrected chi connectivity index (χ3v) is 10.4. The molecule has 0 bridgehead atoms. The van der Waals surface area contributed by atoms with Gasteiger partial charge in [-0.1, -0.05) is 58.0 Å². The molecule has 50 heavy (non-hydrogen) atoms. The van der Waals surface area contributed by atoms with Gasteiger partial charge in [0.15, 0.2) is 21.3 Å². The van der Waals surface area contributed by atoms with Crippen LogP contribution in [0.25, 0.3) is 0 Å². The number of fused-ring (bicyclic) bond motifs is 1. The Morgan fingerprint density at radius 1 is 0.960 bits per heavy atom. The van der Waals surface area contributed by atoms with Crippen LogP contribution in [-0.4, -0.2) is 80.6 Å². The van der Waals surface area contributed by atoms with Crippen molar-refractivity contribution < 1.29 is 37.4 Å². The molecule has 0 fully saturated rings. The van der Waals surface area contributed by atoms with Crippen molar-refractivity contribution in [3.05, 3.63) is 83.9 Å². The maximum Gasteiger partial charge on any atom is 0.251 e. The molecule has 13 nitrogen and oxygen atoms in total. The summed E-state index contributed by atoms with van der Waals surface area (Å²) in [6.45, 7) is 7.23. The zero-order valence-electron chi connectivity index (χ0n) is 28.8. The van der Waals surface area contributed by atoms with E-state index in [-0.39, 0.29) is 62.7 Å². The van der Waals surface area contributed by atoms with Crippen molar-refractivity contribution in [1.82, 2.24) is 20.9 Å². The molecular formula is C36H47N5O8S. The number of carbonyl (C=O) groups is 3. The Morgan fingerprint density at radius 2 is 1.64 bits per heavy atom. The summed E-state index contributed by atoms with van der Waals surface area (Å²) in [6, 6.07) is 20.1. The number of nitrogen functional groups attached to an aromatic ring is 1. The summed E-state index contributed by atoms with van der Waals surface area (Å²) in [7, 11) is -3.87. The van der Waals surface area contributed by atoms with Crippen molar-refractivity contribution >= 4 is 33.2 Å². The molecule has 270 valence electrons. The van der Waals surface area contributed by atoms with Gasteiger partial charge in [0.25, 0.3) is 5.91 Å². The summed E-state index contributed by atoms with van der Waals surface area (Å²) in [5.74, 6) is -0.593. The smallest absolute Gasteiger partial charge is 0.251 e. The van der Waals surface area contributed by atoms with E-state index in [4.69, 9.17) is 15.2 Å². The van der Waals surface area contributed by atoms with E-state index in [1.54, 1.807) is 44.2 Å². The lowest BCUT2D eigenvalue weighted by atomic mass is 9.88. The van der Waals surface area contributed by atoms with E-state index >= 15 is 0 Å². The van der Waals surface area contributed by atoms with Crippen LogP contribution >= 0.6 is 0 Å². The van der Waals surface area contributed by atoms with Crippen LogP contribution in [0.5, 0.6) is 11.5 Å². The van der Waals surface area contributed by atoms with Gasteiger partial charge in [0.1, 0.15) is 5.37 Å². The van der Waals surface area contributed by atoms with Crippen molar-refractivity contribution in [2.45, 2.75) is 57.0 Å². The first-order valence-electron chi connectivity index (χ1n) is 16.4. The third-order valence-electron chi connectivity index (χ3n) is 8.14. The second-order valence-electron chi connectivity index (χ2n) is 13.5. The van der Waals surface area contributed by atoms with E-state index < -0.39 is 38.5 Å². The number of carbonyl (C=O) groups excluding carboxylic acids is 3. The number of nitrogens with zero attached hydrogens (tertiary/aromatic N) is 1. The topological polar surface area (TPSA) is 189 Å². The number of aliphatic hydroxyl groups is 1. The molecule has 6 N–H and O–H groups in total. The number of nitrogens with one attached hydrogen (secondary N) is 3. The Morgan fingerprint density at radius 3 is 2.32 bits per heavy atom. The molecule has 3 amide bonds. The van der Waals surface area contributed by atoms with E-state index in [0.29, 0.717) is 22.7 Å². The standard InChI is InChI=1S/C36H47N5O8S/c1-24(2)35(50(46,47)29-14-15-30-31(16-29)49-23-48-30)39-18-28(42)21-41(20-25-8-6-5-7-9-25)33(44)17-36(3,4)22-40-32(43)19-38-34(45)26-10-12-27(37)13-11-26/h5-16,24,28,35,39,42H,17-23,37H2,1-4H3,(H,38,45)(H,40,43). The van der Waals surface area contributed by atoms with Gasteiger partial charge >= 0.3 is 0 Å². The minimum atomic E-state index is -3.87. The molecule has 1 aliphatic rings. The Balaban J connectivity index is 1.35. The second-order valence-corrected chi connectivity index (χ2v) is 15.5. The van der Waals surface area contributed by atoms with Gasteiger partial charge < -0.3 is 35.8 Å². The molecule has 0 aromatic heterocycles. The maximum absolute atomic E-state index is 13.7. The van der Waals surface area contributed by atoms with Crippen LogP contribution in [0, 0.1) is 11.3 Å². The summed E-state index contributed by atoms with van der Waals surface area (Å²) in [5, 5.41) is 18.5. The molecule has 3 aromatic carbocycles. The fourth-order valence-corrected chi connectivity index (χ4v) is 7.27. The van der Waals surface area contributed by atoms with E-state index in [2.05, 4.69) is 16.0 Å². The van der Waals surface area contributed by atoms with Crippen LogP contribution < -0.4 is 31.2 Å². The van der Waals surface area contributed by atoms with Crippen molar-refractivity contribution in [2.24, 2.45) is 11.3 Å². The minimum absolute atomic E-state index is 0.0204. The Hall–Kier alpha value is -4.66. The van der Waals surface area contributed by atoms with Crippen LogP contribution in [0.3, 0.4) is 0 Å². The lowest BCUT2D eigenvalue weighted by Gasteiger charge is -2.31. The van der Waals surface area contributed by atoms with Crippen molar-refractivity contribution in [3.8, 4) is 11.5 Å². The normalized spacial score (nSPS) is 13.8. The predicted octanol–water partition coefficient (Wildman–Crippen LogP) is 2.70. The van der Waals surface area contributed by atoms with Gasteiger partial charge in [0, 0.05) is 49.9 Å². The molecule has 1 heterocycles. The Labute approximate surface area is 293 Å². The quantitative estimate of drug-likeness (QED) is 0.130. The SMILES string of the molecule is CC(C)C(NCC(O)CN(Cc1ccccc1)C(=O)CC(C)(C)CNC(=O)CNC(=O)c1ccc(N)cc1)S(=O)(=O)c1ccc2c(c1)OCO2. The number of hydrogen-bond acceptors (Lipinski definition) is 10. The first kappa shape index (κ1) is 38.1. The molecule has 3 aromatic rings. The number of aliphatic hydroxyl groups excluding tert-OH is 1. The zero-order valence-corrected chi connectivity index (χ0v) is 29.7. The van der Waals surface area contributed by atoms with Crippen molar-refractivity contribution in [1.29, 1.82) is 0 Å². The van der Waals surface area contributed by atoms with Gasteiger partial charge in [-0.2, -0.15) is 0 Å². The van der Waals surface area contributed by atoms with Crippen LogP contribution in [-0.2, 0) is 26.0 Å². The lowest BCUT2D eigenvalue weighted by molar-refractivity contribution is -0.135. The Kier molecular flexibility index (Phi) is 12.8. The van der Waals surface area contributed by atoms with Gasteiger partial charge in [-0.25, -0.2) is 8.42 Å². The first-order valence-corrected chi connectivity index (χ1v) is 18.0. The summed E-state index contributed by atoms with van der Waals surface area (Å²) in [4.78, 5) is 40.2. The highest BCUT2D eigenvalue weighted by Crippen LogP contribution is 2.35. The van der Waals surface area contributed by atoms with Gasteiger partial charge in [0.2, 0.25) is 18.6 Å². The first-order chi connectivity index (χ1) is 23.6. The number of benzene rings is 3. The monoisotopic (exact) mass is 709 g/mol.